The number of aliphatic carboxylic acids is 1. The van der Waals surface area contributed by atoms with Gasteiger partial charge in [0.25, 0.3) is 0 Å². The number of benzene rings is 2. The Labute approximate surface area is 160 Å². The van der Waals surface area contributed by atoms with Crippen LogP contribution in [-0.4, -0.2) is 29.2 Å². The van der Waals surface area contributed by atoms with E-state index in [1.165, 1.54) is 7.11 Å². The van der Waals surface area contributed by atoms with Gasteiger partial charge >= 0.3 is 5.97 Å². The van der Waals surface area contributed by atoms with Crippen molar-refractivity contribution >= 4 is 40.1 Å². The van der Waals surface area contributed by atoms with Crippen molar-refractivity contribution in [2.24, 2.45) is 0 Å². The molecule has 0 radical (unpaired) electrons. The number of aromatic nitrogens is 1. The summed E-state index contributed by atoms with van der Waals surface area (Å²) in [5.74, 6) is -0.508. The van der Waals surface area contributed by atoms with E-state index >= 15 is 0 Å². The highest BCUT2D eigenvalue weighted by molar-refractivity contribution is 6.37. The Morgan fingerprint density at radius 3 is 2.62 bits per heavy atom. The molecule has 3 aromatic rings. The molecule has 136 valence electrons. The summed E-state index contributed by atoms with van der Waals surface area (Å²) in [7, 11) is 1.49. The standard InChI is InChI=1S/C19H18Cl2N2O3/c1-26-18-14(20)6-11(7-15(18)21)9-22-17(19(24)25)8-12-10-23-16-5-3-2-4-13(12)16/h2-7,10,17,22-23H,8-9H2,1H3,(H,24,25)/t17-/m0/s1. The number of hydrogen-bond donors (Lipinski definition) is 3. The Morgan fingerprint density at radius 1 is 1.27 bits per heavy atom. The minimum absolute atomic E-state index is 0.322. The molecule has 1 atom stereocenters. The van der Waals surface area contributed by atoms with E-state index in [1.54, 1.807) is 12.1 Å². The van der Waals surface area contributed by atoms with Crippen molar-refractivity contribution in [2.75, 3.05) is 7.11 Å². The highest BCUT2D eigenvalue weighted by Crippen LogP contribution is 2.33. The number of para-hydroxylation sites is 1. The minimum Gasteiger partial charge on any atom is -0.494 e. The summed E-state index contributed by atoms with van der Waals surface area (Å²) >= 11 is 12.3. The summed E-state index contributed by atoms with van der Waals surface area (Å²) in [5, 5.41) is 14.4. The van der Waals surface area contributed by atoms with Gasteiger partial charge in [0.2, 0.25) is 0 Å². The van der Waals surface area contributed by atoms with Gasteiger partial charge in [0, 0.05) is 30.1 Å². The molecule has 3 rings (SSSR count). The van der Waals surface area contributed by atoms with Gasteiger partial charge in [-0.3, -0.25) is 4.79 Å². The van der Waals surface area contributed by atoms with Crippen molar-refractivity contribution < 1.29 is 14.6 Å². The molecule has 0 saturated heterocycles. The third kappa shape index (κ3) is 3.96. The molecule has 3 N–H and O–H groups in total. The molecule has 0 aliphatic heterocycles. The zero-order valence-corrected chi connectivity index (χ0v) is 15.6. The molecule has 2 aromatic carbocycles. The van der Waals surface area contributed by atoms with Crippen LogP contribution in [0.4, 0.5) is 0 Å². The van der Waals surface area contributed by atoms with E-state index in [1.807, 2.05) is 30.5 Å². The summed E-state index contributed by atoms with van der Waals surface area (Å²) in [5.41, 5.74) is 2.72. The topological polar surface area (TPSA) is 74.3 Å². The fourth-order valence-corrected chi connectivity index (χ4v) is 3.60. The van der Waals surface area contributed by atoms with Gasteiger partial charge < -0.3 is 20.1 Å². The highest BCUT2D eigenvalue weighted by atomic mass is 35.5. The lowest BCUT2D eigenvalue weighted by Crippen LogP contribution is -2.38. The van der Waals surface area contributed by atoms with Crippen LogP contribution in [0.2, 0.25) is 10.0 Å². The fraction of sp³-hybridized carbons (Fsp3) is 0.211. The average Bonchev–Trinajstić information content (AvgIpc) is 3.01. The number of hydrogen-bond acceptors (Lipinski definition) is 3. The predicted molar refractivity (Wildman–Crippen MR) is 103 cm³/mol. The minimum atomic E-state index is -0.916. The van der Waals surface area contributed by atoms with Crippen LogP contribution in [0, 0.1) is 0 Å². The number of ether oxygens (including phenoxy) is 1. The first-order chi connectivity index (χ1) is 12.5. The van der Waals surface area contributed by atoms with Gasteiger partial charge in [-0.2, -0.15) is 0 Å². The van der Waals surface area contributed by atoms with Crippen LogP contribution >= 0.6 is 23.2 Å². The molecule has 0 bridgehead atoms. The molecule has 0 aliphatic carbocycles. The van der Waals surface area contributed by atoms with Crippen LogP contribution in [0.5, 0.6) is 5.75 Å². The van der Waals surface area contributed by atoms with E-state index in [0.29, 0.717) is 28.8 Å². The maximum absolute atomic E-state index is 11.7. The summed E-state index contributed by atoms with van der Waals surface area (Å²) in [4.78, 5) is 14.8. The molecule has 5 nitrogen and oxygen atoms in total. The van der Waals surface area contributed by atoms with Crippen LogP contribution < -0.4 is 10.1 Å². The number of nitrogens with one attached hydrogen (secondary N) is 2. The lowest BCUT2D eigenvalue weighted by atomic mass is 10.0. The van der Waals surface area contributed by atoms with Gasteiger partial charge in [-0.15, -0.1) is 0 Å². The largest absolute Gasteiger partial charge is 0.494 e. The Hall–Kier alpha value is -2.21. The first kappa shape index (κ1) is 18.6. The van der Waals surface area contributed by atoms with E-state index in [0.717, 1.165) is 22.0 Å². The number of aromatic amines is 1. The van der Waals surface area contributed by atoms with Crippen LogP contribution in [0.3, 0.4) is 0 Å². The van der Waals surface area contributed by atoms with Crippen LogP contribution in [0.1, 0.15) is 11.1 Å². The molecule has 0 fully saturated rings. The molecular weight excluding hydrogens is 375 g/mol. The highest BCUT2D eigenvalue weighted by Gasteiger charge is 2.19. The molecule has 0 saturated carbocycles. The maximum atomic E-state index is 11.7. The molecule has 0 aliphatic rings. The molecule has 0 unspecified atom stereocenters. The van der Waals surface area contributed by atoms with Gasteiger partial charge in [-0.25, -0.2) is 0 Å². The number of halogens is 2. The number of carboxylic acid groups (broad SMARTS) is 1. The second kappa shape index (κ2) is 7.99. The molecule has 1 heterocycles. The molecule has 0 spiro atoms. The van der Waals surface area contributed by atoms with E-state index in [2.05, 4.69) is 10.3 Å². The van der Waals surface area contributed by atoms with Crippen molar-refractivity contribution in [2.45, 2.75) is 19.0 Å². The second-order valence-electron chi connectivity index (χ2n) is 5.93. The monoisotopic (exact) mass is 392 g/mol. The maximum Gasteiger partial charge on any atom is 0.321 e. The van der Waals surface area contributed by atoms with Gasteiger partial charge in [0.15, 0.2) is 5.75 Å². The molecule has 1 aromatic heterocycles. The second-order valence-corrected chi connectivity index (χ2v) is 6.74. The van der Waals surface area contributed by atoms with Gasteiger partial charge in [-0.05, 0) is 29.3 Å². The quantitative estimate of drug-likeness (QED) is 0.561. The van der Waals surface area contributed by atoms with Crippen molar-refractivity contribution in [3.8, 4) is 5.75 Å². The van der Waals surface area contributed by atoms with E-state index < -0.39 is 12.0 Å². The number of methoxy groups -OCH3 is 1. The zero-order valence-electron chi connectivity index (χ0n) is 14.1. The third-order valence-corrected chi connectivity index (χ3v) is 4.77. The van der Waals surface area contributed by atoms with Crippen LogP contribution in [0.25, 0.3) is 10.9 Å². The lowest BCUT2D eigenvalue weighted by molar-refractivity contribution is -0.139. The number of rotatable bonds is 7. The summed E-state index contributed by atoms with van der Waals surface area (Å²) in [6.45, 7) is 0.322. The van der Waals surface area contributed by atoms with E-state index in [9.17, 15) is 9.90 Å². The fourth-order valence-electron chi connectivity index (χ4n) is 2.92. The van der Waals surface area contributed by atoms with Crippen molar-refractivity contribution in [1.29, 1.82) is 0 Å². The Morgan fingerprint density at radius 2 is 1.96 bits per heavy atom. The first-order valence-electron chi connectivity index (χ1n) is 8.02. The normalized spacial score (nSPS) is 12.3. The number of H-pyrrole nitrogens is 1. The van der Waals surface area contributed by atoms with E-state index in [4.69, 9.17) is 27.9 Å². The number of fused-ring (bicyclic) bond motifs is 1. The van der Waals surface area contributed by atoms with Crippen LogP contribution in [0.15, 0.2) is 42.6 Å². The molecule has 26 heavy (non-hydrogen) atoms. The third-order valence-electron chi connectivity index (χ3n) is 4.21. The number of carbonyl (C=O) groups is 1. The summed E-state index contributed by atoms with van der Waals surface area (Å²) in [6, 6.07) is 10.5. The van der Waals surface area contributed by atoms with Gasteiger partial charge in [0.05, 0.1) is 17.2 Å². The lowest BCUT2D eigenvalue weighted by Gasteiger charge is -2.15. The molecular formula is C19H18Cl2N2O3. The van der Waals surface area contributed by atoms with E-state index in [-0.39, 0.29) is 0 Å². The Bertz CT molecular complexity index is 916. The van der Waals surface area contributed by atoms with Gasteiger partial charge in [0.1, 0.15) is 6.04 Å². The molecule has 7 heteroatoms. The smallest absolute Gasteiger partial charge is 0.321 e. The SMILES string of the molecule is COc1c(Cl)cc(CN[C@@H](Cc2c[nH]c3ccccc23)C(=O)O)cc1Cl. The number of carboxylic acids is 1. The van der Waals surface area contributed by atoms with Crippen molar-refractivity contribution in [3.05, 3.63) is 63.8 Å². The molecule has 0 amide bonds. The summed E-state index contributed by atoms with van der Waals surface area (Å²) in [6.07, 6.45) is 2.21. The first-order valence-corrected chi connectivity index (χ1v) is 8.78. The Kier molecular flexibility index (Phi) is 5.71. The average molecular weight is 393 g/mol. The Balaban J connectivity index is 1.74. The van der Waals surface area contributed by atoms with Gasteiger partial charge in [-0.1, -0.05) is 41.4 Å². The zero-order chi connectivity index (χ0) is 18.7. The van der Waals surface area contributed by atoms with Crippen LogP contribution in [-0.2, 0) is 17.8 Å². The predicted octanol–water partition coefficient (Wildman–Crippen LogP) is 4.27. The summed E-state index contributed by atoms with van der Waals surface area (Å²) < 4.78 is 5.12. The van der Waals surface area contributed by atoms with Crippen molar-refractivity contribution in [1.82, 2.24) is 10.3 Å². The van der Waals surface area contributed by atoms with Crippen molar-refractivity contribution in [3.63, 3.8) is 0 Å².